The van der Waals surface area contributed by atoms with Crippen molar-refractivity contribution in [2.45, 2.75) is 0 Å². The summed E-state index contributed by atoms with van der Waals surface area (Å²) in [5, 5.41) is 0. The lowest BCUT2D eigenvalue weighted by Crippen LogP contribution is -1.94. The van der Waals surface area contributed by atoms with Gasteiger partial charge in [0.15, 0.2) is 0 Å². The van der Waals surface area contributed by atoms with Crippen LogP contribution in [0.2, 0.25) is 0 Å². The van der Waals surface area contributed by atoms with Crippen molar-refractivity contribution >= 4 is 0 Å². The number of nitrogens with zero attached hydrogens (tertiary/aromatic N) is 2. The molecule has 0 aliphatic rings. The van der Waals surface area contributed by atoms with Gasteiger partial charge in [-0.2, -0.15) is 0 Å². The Balaban J connectivity index is 1.90. The lowest BCUT2D eigenvalue weighted by Gasteiger charge is -2.11. The van der Waals surface area contributed by atoms with E-state index >= 15 is 0 Å². The number of benzene rings is 2. The number of aromatic nitrogens is 3. The molecule has 3 heteroatoms. The Morgan fingerprint density at radius 2 is 1.64 bits per heavy atom. The molecule has 2 aromatic carbocycles. The fourth-order valence-electron chi connectivity index (χ4n) is 2.77. The van der Waals surface area contributed by atoms with Crippen LogP contribution in [0.25, 0.3) is 28.1 Å². The molecule has 4 rings (SSSR count). The molecule has 106 valence electrons. The molecule has 0 bridgehead atoms. The third kappa shape index (κ3) is 2.13. The van der Waals surface area contributed by atoms with Crippen molar-refractivity contribution < 1.29 is 0 Å². The predicted octanol–water partition coefficient (Wildman–Crippen LogP) is 4.53. The number of imidazole rings is 1. The fraction of sp³-hybridized carbons (Fsp3) is 0. The second kappa shape index (κ2) is 5.37. The molecule has 3 nitrogen and oxygen atoms in total. The van der Waals surface area contributed by atoms with Crippen LogP contribution >= 0.6 is 0 Å². The quantitative estimate of drug-likeness (QED) is 0.589. The van der Waals surface area contributed by atoms with Crippen LogP contribution < -0.4 is 0 Å². The van der Waals surface area contributed by atoms with E-state index < -0.39 is 0 Å². The first-order valence-corrected chi connectivity index (χ1v) is 7.24. The lowest BCUT2D eigenvalue weighted by molar-refractivity contribution is 1.06. The first-order chi connectivity index (χ1) is 10.9. The number of aromatic amines is 1. The maximum Gasteiger partial charge on any atom is 0.0991 e. The third-order valence-electron chi connectivity index (χ3n) is 3.79. The first kappa shape index (κ1) is 12.7. The summed E-state index contributed by atoms with van der Waals surface area (Å²) >= 11 is 0. The number of hydrogen-bond donors (Lipinski definition) is 1. The molecule has 0 amide bonds. The van der Waals surface area contributed by atoms with E-state index in [-0.39, 0.29) is 0 Å². The van der Waals surface area contributed by atoms with E-state index in [0.717, 1.165) is 11.4 Å². The molecule has 22 heavy (non-hydrogen) atoms. The summed E-state index contributed by atoms with van der Waals surface area (Å²) in [5.41, 5.74) is 5.81. The largest absolute Gasteiger partial charge is 0.361 e. The van der Waals surface area contributed by atoms with E-state index in [1.165, 1.54) is 16.7 Å². The van der Waals surface area contributed by atoms with Crippen LogP contribution in [0.4, 0.5) is 0 Å². The Hall–Kier alpha value is -3.07. The van der Waals surface area contributed by atoms with Gasteiger partial charge in [0, 0.05) is 29.7 Å². The van der Waals surface area contributed by atoms with Crippen molar-refractivity contribution in [3.63, 3.8) is 0 Å². The molecule has 2 heterocycles. The van der Waals surface area contributed by atoms with Gasteiger partial charge >= 0.3 is 0 Å². The number of para-hydroxylation sites is 1. The monoisotopic (exact) mass is 285 g/mol. The van der Waals surface area contributed by atoms with Gasteiger partial charge in [0.25, 0.3) is 0 Å². The van der Waals surface area contributed by atoms with Gasteiger partial charge in [-0.25, -0.2) is 4.98 Å². The minimum atomic E-state index is 1.12. The molecule has 0 saturated heterocycles. The third-order valence-corrected chi connectivity index (χ3v) is 3.79. The van der Waals surface area contributed by atoms with Crippen molar-refractivity contribution in [2.24, 2.45) is 0 Å². The van der Waals surface area contributed by atoms with Crippen molar-refractivity contribution in [1.29, 1.82) is 0 Å². The van der Waals surface area contributed by atoms with E-state index in [9.17, 15) is 0 Å². The highest BCUT2D eigenvalue weighted by molar-refractivity contribution is 5.85. The van der Waals surface area contributed by atoms with Crippen LogP contribution in [0.5, 0.6) is 0 Å². The Morgan fingerprint density at radius 3 is 2.45 bits per heavy atom. The Labute approximate surface area is 128 Å². The maximum atomic E-state index is 4.16. The molecular formula is C19H15N3. The zero-order chi connectivity index (χ0) is 14.8. The molecule has 0 atom stereocenters. The van der Waals surface area contributed by atoms with Gasteiger partial charge < -0.3 is 9.55 Å². The Kier molecular flexibility index (Phi) is 3.09. The van der Waals surface area contributed by atoms with Gasteiger partial charge in [0.05, 0.1) is 17.7 Å². The average Bonchev–Trinajstić information content (AvgIpc) is 3.27. The van der Waals surface area contributed by atoms with Gasteiger partial charge in [-0.15, -0.1) is 0 Å². The highest BCUT2D eigenvalue weighted by Gasteiger charge is 2.12. The molecule has 0 saturated carbocycles. The molecular weight excluding hydrogens is 270 g/mol. The minimum absolute atomic E-state index is 1.12. The summed E-state index contributed by atoms with van der Waals surface area (Å²) in [4.78, 5) is 7.52. The van der Waals surface area contributed by atoms with Gasteiger partial charge in [0.1, 0.15) is 0 Å². The van der Waals surface area contributed by atoms with Gasteiger partial charge in [0.2, 0.25) is 0 Å². The lowest BCUT2D eigenvalue weighted by atomic mass is 10.00. The standard InChI is InChI=1S/C19H15N3/c1-2-6-15(7-3-1)19-17(10-11-21-19)16-8-4-5-9-18(16)22-13-12-20-14-22/h1-14,21H. The second-order valence-electron chi connectivity index (χ2n) is 5.12. The molecule has 0 fully saturated rings. The molecule has 0 unspecified atom stereocenters. The minimum Gasteiger partial charge on any atom is -0.361 e. The molecule has 2 aromatic heterocycles. The summed E-state index contributed by atoms with van der Waals surface area (Å²) in [6, 6.07) is 20.9. The van der Waals surface area contributed by atoms with Gasteiger partial charge in [-0.3, -0.25) is 0 Å². The van der Waals surface area contributed by atoms with Crippen LogP contribution in [-0.2, 0) is 0 Å². The predicted molar refractivity (Wildman–Crippen MR) is 88.8 cm³/mol. The Morgan fingerprint density at radius 1 is 0.818 bits per heavy atom. The van der Waals surface area contributed by atoms with Crippen LogP contribution in [0, 0.1) is 0 Å². The number of hydrogen-bond acceptors (Lipinski definition) is 1. The number of H-pyrrole nitrogens is 1. The number of rotatable bonds is 3. The van der Waals surface area contributed by atoms with E-state index in [2.05, 4.69) is 58.5 Å². The normalized spacial score (nSPS) is 10.7. The molecule has 0 radical (unpaired) electrons. The van der Waals surface area contributed by atoms with Crippen molar-refractivity contribution in [2.75, 3.05) is 0 Å². The molecule has 0 aliphatic heterocycles. The van der Waals surface area contributed by atoms with Gasteiger partial charge in [-0.05, 0) is 17.7 Å². The van der Waals surface area contributed by atoms with Crippen molar-refractivity contribution in [3.05, 3.63) is 85.6 Å². The maximum absolute atomic E-state index is 4.16. The first-order valence-electron chi connectivity index (χ1n) is 7.24. The molecule has 0 spiro atoms. The Bertz CT molecular complexity index is 874. The molecule has 0 aliphatic carbocycles. The van der Waals surface area contributed by atoms with Crippen LogP contribution in [0.1, 0.15) is 0 Å². The fourth-order valence-corrected chi connectivity index (χ4v) is 2.77. The highest BCUT2D eigenvalue weighted by Crippen LogP contribution is 2.34. The highest BCUT2D eigenvalue weighted by atomic mass is 15.0. The second-order valence-corrected chi connectivity index (χ2v) is 5.12. The van der Waals surface area contributed by atoms with E-state index in [0.29, 0.717) is 0 Å². The topological polar surface area (TPSA) is 33.6 Å². The average molecular weight is 285 g/mol. The van der Waals surface area contributed by atoms with E-state index in [4.69, 9.17) is 0 Å². The zero-order valence-corrected chi connectivity index (χ0v) is 12.0. The summed E-state index contributed by atoms with van der Waals surface area (Å²) in [5.74, 6) is 0. The number of nitrogens with one attached hydrogen (secondary N) is 1. The van der Waals surface area contributed by atoms with E-state index in [1.807, 2.05) is 35.4 Å². The van der Waals surface area contributed by atoms with E-state index in [1.54, 1.807) is 6.20 Å². The summed E-state index contributed by atoms with van der Waals surface area (Å²) < 4.78 is 2.04. The zero-order valence-electron chi connectivity index (χ0n) is 12.0. The van der Waals surface area contributed by atoms with Crippen LogP contribution in [0.15, 0.2) is 85.6 Å². The van der Waals surface area contributed by atoms with Crippen molar-refractivity contribution in [3.8, 4) is 28.1 Å². The van der Waals surface area contributed by atoms with Crippen LogP contribution in [-0.4, -0.2) is 14.5 Å². The summed E-state index contributed by atoms with van der Waals surface area (Å²) in [6.45, 7) is 0. The summed E-state index contributed by atoms with van der Waals surface area (Å²) in [6.07, 6.45) is 7.58. The summed E-state index contributed by atoms with van der Waals surface area (Å²) in [7, 11) is 0. The van der Waals surface area contributed by atoms with Crippen LogP contribution in [0.3, 0.4) is 0 Å². The SMILES string of the molecule is c1ccc(-c2[nH]ccc2-c2ccccc2-n2ccnc2)cc1. The van der Waals surface area contributed by atoms with Gasteiger partial charge in [-0.1, -0.05) is 48.5 Å². The molecule has 1 N–H and O–H groups in total. The smallest absolute Gasteiger partial charge is 0.0991 e. The van der Waals surface area contributed by atoms with Crippen molar-refractivity contribution in [1.82, 2.24) is 14.5 Å². The molecule has 4 aromatic rings.